The number of piperazine rings is 1. The van der Waals surface area contributed by atoms with Crippen LogP contribution in [0, 0.1) is 0 Å². The van der Waals surface area contributed by atoms with E-state index in [1.54, 1.807) is 4.90 Å². The molecule has 0 saturated carbocycles. The third-order valence-corrected chi connectivity index (χ3v) is 4.70. The number of alkyl halides is 2. The molecule has 0 bridgehead atoms. The van der Waals surface area contributed by atoms with Crippen molar-refractivity contribution in [1.82, 2.24) is 15.1 Å². The van der Waals surface area contributed by atoms with Gasteiger partial charge in [0, 0.05) is 38.3 Å². The molecule has 0 radical (unpaired) electrons. The van der Waals surface area contributed by atoms with Crippen molar-refractivity contribution in [3.8, 4) is 5.75 Å². The maximum Gasteiger partial charge on any atom is 0.387 e. The van der Waals surface area contributed by atoms with Gasteiger partial charge in [0.25, 0.3) is 5.91 Å². The Morgan fingerprint density at radius 3 is 2.41 bits per heavy atom. The van der Waals surface area contributed by atoms with Gasteiger partial charge in [0.15, 0.2) is 0 Å². The third-order valence-electron chi connectivity index (χ3n) is 4.70. The van der Waals surface area contributed by atoms with Crippen LogP contribution in [0.2, 0.25) is 0 Å². The van der Waals surface area contributed by atoms with Gasteiger partial charge in [-0.15, -0.1) is 0 Å². The van der Waals surface area contributed by atoms with Crippen molar-refractivity contribution in [1.29, 1.82) is 0 Å². The first-order valence-corrected chi connectivity index (χ1v) is 9.38. The van der Waals surface area contributed by atoms with Gasteiger partial charge in [0.1, 0.15) is 5.75 Å². The maximum atomic E-state index is 12.4. The molecular formula is C21H23F2N3O3. The summed E-state index contributed by atoms with van der Waals surface area (Å²) in [7, 11) is 0. The van der Waals surface area contributed by atoms with Crippen LogP contribution in [0.3, 0.4) is 0 Å². The summed E-state index contributed by atoms with van der Waals surface area (Å²) in [4.78, 5) is 28.6. The minimum Gasteiger partial charge on any atom is -0.435 e. The molecule has 6 nitrogen and oxygen atoms in total. The van der Waals surface area contributed by atoms with Crippen molar-refractivity contribution < 1.29 is 23.1 Å². The zero-order valence-electron chi connectivity index (χ0n) is 15.9. The number of ether oxygens (including phenoxy) is 1. The quantitative estimate of drug-likeness (QED) is 0.771. The fourth-order valence-corrected chi connectivity index (χ4v) is 3.18. The molecule has 0 aromatic heterocycles. The topological polar surface area (TPSA) is 61.9 Å². The number of nitrogens with zero attached hydrogens (tertiary/aromatic N) is 2. The van der Waals surface area contributed by atoms with Crippen LogP contribution in [0.4, 0.5) is 8.78 Å². The molecule has 1 aliphatic heterocycles. The second kappa shape index (κ2) is 9.97. The third kappa shape index (κ3) is 6.25. The van der Waals surface area contributed by atoms with Crippen molar-refractivity contribution in [2.45, 2.75) is 13.2 Å². The highest BCUT2D eigenvalue weighted by Crippen LogP contribution is 2.16. The number of halogens is 2. The number of rotatable bonds is 7. The summed E-state index contributed by atoms with van der Waals surface area (Å²) in [5.74, 6) is -0.785. The first kappa shape index (κ1) is 20.7. The largest absolute Gasteiger partial charge is 0.435 e. The number of carbonyl (C=O) groups is 2. The Morgan fingerprint density at radius 2 is 1.72 bits per heavy atom. The van der Waals surface area contributed by atoms with Gasteiger partial charge in [0.2, 0.25) is 5.91 Å². The number of benzene rings is 2. The van der Waals surface area contributed by atoms with Gasteiger partial charge in [0.05, 0.1) is 6.54 Å². The van der Waals surface area contributed by atoms with Gasteiger partial charge in [-0.1, -0.05) is 36.4 Å². The predicted octanol–water partition coefficient (Wildman–Crippen LogP) is 2.36. The number of amides is 2. The number of nitrogens with one attached hydrogen (secondary N) is 1. The Bertz CT molecular complexity index is 825. The Labute approximate surface area is 168 Å². The lowest BCUT2D eigenvalue weighted by Crippen LogP contribution is -2.50. The maximum absolute atomic E-state index is 12.4. The Hall–Kier alpha value is -3.00. The predicted molar refractivity (Wildman–Crippen MR) is 104 cm³/mol. The fourth-order valence-electron chi connectivity index (χ4n) is 3.18. The summed E-state index contributed by atoms with van der Waals surface area (Å²) in [6, 6.07) is 15.6. The fraction of sp³-hybridized carbons (Fsp3) is 0.333. The molecule has 0 spiro atoms. The van der Waals surface area contributed by atoms with E-state index in [1.807, 2.05) is 18.2 Å². The average Bonchev–Trinajstić information content (AvgIpc) is 2.73. The van der Waals surface area contributed by atoms with Crippen LogP contribution >= 0.6 is 0 Å². The van der Waals surface area contributed by atoms with Crippen molar-refractivity contribution in [3.05, 3.63) is 65.7 Å². The van der Waals surface area contributed by atoms with Gasteiger partial charge >= 0.3 is 6.61 Å². The lowest BCUT2D eigenvalue weighted by Gasteiger charge is -2.34. The van der Waals surface area contributed by atoms with E-state index < -0.39 is 12.5 Å². The normalized spacial score (nSPS) is 14.7. The summed E-state index contributed by atoms with van der Waals surface area (Å²) in [5, 5.41) is 2.54. The minimum absolute atomic E-state index is 0.103. The van der Waals surface area contributed by atoms with Crippen LogP contribution in [0.15, 0.2) is 54.6 Å². The summed E-state index contributed by atoms with van der Waals surface area (Å²) in [6.07, 6.45) is 0. The average molecular weight is 403 g/mol. The lowest BCUT2D eigenvalue weighted by atomic mass is 10.2. The van der Waals surface area contributed by atoms with Crippen LogP contribution in [0.5, 0.6) is 5.75 Å². The molecule has 1 aliphatic rings. The van der Waals surface area contributed by atoms with E-state index in [4.69, 9.17) is 0 Å². The van der Waals surface area contributed by atoms with Crippen LogP contribution in [0.1, 0.15) is 15.9 Å². The Kier molecular flexibility index (Phi) is 7.13. The summed E-state index contributed by atoms with van der Waals surface area (Å²) in [5.41, 5.74) is 1.39. The molecule has 0 aliphatic carbocycles. The first-order valence-electron chi connectivity index (χ1n) is 9.38. The monoisotopic (exact) mass is 403 g/mol. The number of hydrogen-bond acceptors (Lipinski definition) is 4. The standard InChI is InChI=1S/C21H23F2N3O3/c22-21(23)29-18-8-4-7-17(13-18)20(28)24-14-19(27)26-11-9-25(10-12-26)15-16-5-2-1-3-6-16/h1-8,13,21H,9-12,14-15H2,(H,24,28). The molecule has 8 heteroatoms. The van der Waals surface area contributed by atoms with Gasteiger partial charge in [-0.25, -0.2) is 0 Å². The van der Waals surface area contributed by atoms with E-state index >= 15 is 0 Å². The molecular weight excluding hydrogens is 380 g/mol. The van der Waals surface area contributed by atoms with E-state index in [1.165, 1.54) is 29.8 Å². The molecule has 1 heterocycles. The van der Waals surface area contributed by atoms with E-state index in [2.05, 4.69) is 27.1 Å². The van der Waals surface area contributed by atoms with Gasteiger partial charge in [-0.2, -0.15) is 8.78 Å². The minimum atomic E-state index is -2.96. The molecule has 2 aromatic rings. The molecule has 1 fully saturated rings. The molecule has 0 unspecified atom stereocenters. The Morgan fingerprint density at radius 1 is 1.00 bits per heavy atom. The molecule has 2 amide bonds. The molecule has 1 saturated heterocycles. The van der Waals surface area contributed by atoms with Crippen LogP contribution < -0.4 is 10.1 Å². The first-order chi connectivity index (χ1) is 14.0. The van der Waals surface area contributed by atoms with Gasteiger partial charge in [-0.05, 0) is 23.8 Å². The second-order valence-corrected chi connectivity index (χ2v) is 6.73. The molecule has 1 N–H and O–H groups in total. The van der Waals surface area contributed by atoms with Crippen LogP contribution in [-0.4, -0.2) is 60.9 Å². The second-order valence-electron chi connectivity index (χ2n) is 6.73. The van der Waals surface area contributed by atoms with E-state index in [0.717, 1.165) is 19.6 Å². The molecule has 3 rings (SSSR count). The zero-order valence-corrected chi connectivity index (χ0v) is 15.9. The van der Waals surface area contributed by atoms with Crippen molar-refractivity contribution in [2.24, 2.45) is 0 Å². The summed E-state index contributed by atoms with van der Waals surface area (Å²) >= 11 is 0. The smallest absolute Gasteiger partial charge is 0.387 e. The molecule has 0 atom stereocenters. The summed E-state index contributed by atoms with van der Waals surface area (Å²) in [6.45, 7) is 0.464. The van der Waals surface area contributed by atoms with Gasteiger partial charge < -0.3 is 15.0 Å². The zero-order chi connectivity index (χ0) is 20.6. The van der Waals surface area contributed by atoms with E-state index in [-0.39, 0.29) is 23.8 Å². The van der Waals surface area contributed by atoms with Crippen LogP contribution in [0.25, 0.3) is 0 Å². The highest BCUT2D eigenvalue weighted by Gasteiger charge is 2.21. The van der Waals surface area contributed by atoms with Crippen LogP contribution in [-0.2, 0) is 11.3 Å². The highest BCUT2D eigenvalue weighted by molar-refractivity contribution is 5.96. The van der Waals surface area contributed by atoms with Crippen molar-refractivity contribution >= 4 is 11.8 Å². The van der Waals surface area contributed by atoms with Crippen molar-refractivity contribution in [2.75, 3.05) is 32.7 Å². The van der Waals surface area contributed by atoms with E-state index in [9.17, 15) is 18.4 Å². The highest BCUT2D eigenvalue weighted by atomic mass is 19.3. The number of carbonyl (C=O) groups excluding carboxylic acids is 2. The number of hydrogen-bond donors (Lipinski definition) is 1. The SMILES string of the molecule is O=C(NCC(=O)N1CCN(Cc2ccccc2)CC1)c1cccc(OC(F)F)c1. The lowest BCUT2D eigenvalue weighted by molar-refractivity contribution is -0.131. The molecule has 29 heavy (non-hydrogen) atoms. The molecule has 154 valence electrons. The molecule has 2 aromatic carbocycles. The van der Waals surface area contributed by atoms with E-state index in [0.29, 0.717) is 13.1 Å². The van der Waals surface area contributed by atoms with Crippen molar-refractivity contribution in [3.63, 3.8) is 0 Å². The van der Waals surface area contributed by atoms with Gasteiger partial charge in [-0.3, -0.25) is 14.5 Å². The summed E-state index contributed by atoms with van der Waals surface area (Å²) < 4.78 is 28.9. The Balaban J connectivity index is 1.43.